The highest BCUT2D eigenvalue weighted by Crippen LogP contribution is 2.24. The maximum absolute atomic E-state index is 11.3. The molecule has 1 aromatic rings. The van der Waals surface area contributed by atoms with Crippen LogP contribution >= 0.6 is 0 Å². The molecule has 0 saturated carbocycles. The van der Waals surface area contributed by atoms with E-state index < -0.39 is 32.4 Å². The zero-order valence-corrected chi connectivity index (χ0v) is 13.5. The number of rotatable bonds is 5. The van der Waals surface area contributed by atoms with Gasteiger partial charge in [-0.25, -0.2) is 0 Å². The number of hydrogen-bond donors (Lipinski definition) is 0. The SMILES string of the molecule is Cn1ccc(N2CC(OS(C)(=O)=O)C(OS(C)(=O)=O)C2)n1. The molecule has 1 fully saturated rings. The number of hydrogen-bond acceptors (Lipinski definition) is 8. The molecule has 0 spiro atoms. The van der Waals surface area contributed by atoms with Crippen LogP contribution in [-0.2, 0) is 35.7 Å². The molecule has 0 bridgehead atoms. The molecule has 0 amide bonds. The summed E-state index contributed by atoms with van der Waals surface area (Å²) in [7, 11) is -5.70. The van der Waals surface area contributed by atoms with Crippen molar-refractivity contribution in [2.45, 2.75) is 12.2 Å². The van der Waals surface area contributed by atoms with Gasteiger partial charge in [-0.3, -0.25) is 13.0 Å². The van der Waals surface area contributed by atoms with Crippen molar-refractivity contribution in [3.05, 3.63) is 12.3 Å². The molecule has 1 aliphatic heterocycles. The molecule has 11 heteroatoms. The summed E-state index contributed by atoms with van der Waals surface area (Å²) in [6.07, 6.45) is 1.74. The summed E-state index contributed by atoms with van der Waals surface area (Å²) in [4.78, 5) is 1.71. The molecule has 120 valence electrons. The predicted molar refractivity (Wildman–Crippen MR) is 74.9 cm³/mol. The summed E-state index contributed by atoms with van der Waals surface area (Å²) in [6, 6.07) is 1.74. The lowest BCUT2D eigenvalue weighted by Crippen LogP contribution is -2.33. The second-order valence-corrected chi connectivity index (χ2v) is 8.13. The van der Waals surface area contributed by atoms with Gasteiger partial charge in [-0.1, -0.05) is 0 Å². The fourth-order valence-electron chi connectivity index (χ4n) is 2.14. The molecule has 0 aromatic carbocycles. The van der Waals surface area contributed by atoms with E-state index in [0.717, 1.165) is 12.5 Å². The first-order chi connectivity index (χ1) is 9.53. The number of anilines is 1. The van der Waals surface area contributed by atoms with Crippen molar-refractivity contribution in [1.82, 2.24) is 9.78 Å². The lowest BCUT2D eigenvalue weighted by atomic mass is 10.3. The van der Waals surface area contributed by atoms with E-state index in [-0.39, 0.29) is 13.1 Å². The Morgan fingerprint density at radius 1 is 1.10 bits per heavy atom. The Balaban J connectivity index is 2.20. The van der Waals surface area contributed by atoms with Gasteiger partial charge in [0, 0.05) is 32.4 Å². The Hall–Kier alpha value is -1.17. The molecule has 21 heavy (non-hydrogen) atoms. The summed E-state index contributed by atoms with van der Waals surface area (Å²) in [5.41, 5.74) is 0. The average Bonchev–Trinajstić information content (AvgIpc) is 2.82. The lowest BCUT2D eigenvalue weighted by molar-refractivity contribution is 0.102. The van der Waals surface area contributed by atoms with Gasteiger partial charge in [0.1, 0.15) is 12.2 Å². The van der Waals surface area contributed by atoms with Gasteiger partial charge in [-0.05, 0) is 0 Å². The van der Waals surface area contributed by atoms with Gasteiger partial charge in [-0.15, -0.1) is 0 Å². The van der Waals surface area contributed by atoms with E-state index in [2.05, 4.69) is 5.10 Å². The summed E-state index contributed by atoms with van der Waals surface area (Å²) >= 11 is 0. The Kier molecular flexibility index (Phi) is 4.29. The van der Waals surface area contributed by atoms with Crippen LogP contribution in [-0.4, -0.2) is 64.4 Å². The van der Waals surface area contributed by atoms with E-state index in [0.29, 0.717) is 5.82 Å². The number of aryl methyl sites for hydroxylation is 1. The molecule has 0 N–H and O–H groups in total. The Morgan fingerprint density at radius 3 is 1.90 bits per heavy atom. The quantitative estimate of drug-likeness (QED) is 0.624. The summed E-state index contributed by atoms with van der Waals surface area (Å²) < 4.78 is 56.6. The largest absolute Gasteiger partial charge is 0.350 e. The van der Waals surface area contributed by atoms with Gasteiger partial charge in [0.05, 0.1) is 12.5 Å². The average molecular weight is 339 g/mol. The molecule has 1 aromatic heterocycles. The van der Waals surface area contributed by atoms with Crippen LogP contribution in [0.5, 0.6) is 0 Å². The molecular weight excluding hydrogens is 322 g/mol. The molecule has 1 saturated heterocycles. The molecule has 2 rings (SSSR count). The third-order valence-corrected chi connectivity index (χ3v) is 4.03. The minimum Gasteiger partial charge on any atom is -0.350 e. The van der Waals surface area contributed by atoms with Crippen LogP contribution in [0.15, 0.2) is 12.3 Å². The van der Waals surface area contributed by atoms with Gasteiger partial charge < -0.3 is 4.90 Å². The van der Waals surface area contributed by atoms with E-state index >= 15 is 0 Å². The van der Waals surface area contributed by atoms with Gasteiger partial charge in [-0.2, -0.15) is 21.9 Å². The molecular formula is C10H17N3O6S2. The summed E-state index contributed by atoms with van der Waals surface area (Å²) in [6.45, 7) is 0.342. The minimum atomic E-state index is -3.72. The first kappa shape index (κ1) is 16.2. The third-order valence-electron chi connectivity index (χ3n) is 2.84. The van der Waals surface area contributed by atoms with Crippen molar-refractivity contribution in [2.75, 3.05) is 30.5 Å². The van der Waals surface area contributed by atoms with Crippen LogP contribution in [0.25, 0.3) is 0 Å². The zero-order chi connectivity index (χ0) is 15.8. The van der Waals surface area contributed by atoms with E-state index in [1.807, 2.05) is 0 Å². The van der Waals surface area contributed by atoms with Crippen LogP contribution in [0, 0.1) is 0 Å². The van der Waals surface area contributed by atoms with E-state index in [4.69, 9.17) is 8.37 Å². The van der Waals surface area contributed by atoms with Crippen LogP contribution in [0.4, 0.5) is 5.82 Å². The van der Waals surface area contributed by atoms with Crippen LogP contribution in [0.1, 0.15) is 0 Å². The Bertz CT molecular complexity index is 669. The smallest absolute Gasteiger partial charge is 0.264 e. The van der Waals surface area contributed by atoms with Crippen molar-refractivity contribution in [1.29, 1.82) is 0 Å². The first-order valence-corrected chi connectivity index (χ1v) is 9.68. The van der Waals surface area contributed by atoms with Gasteiger partial charge in [0.15, 0.2) is 5.82 Å². The molecule has 2 unspecified atom stereocenters. The molecule has 2 heterocycles. The monoisotopic (exact) mass is 339 g/mol. The molecule has 1 aliphatic rings. The van der Waals surface area contributed by atoms with Gasteiger partial charge in [0.25, 0.3) is 20.2 Å². The Morgan fingerprint density at radius 2 is 1.57 bits per heavy atom. The molecule has 2 atom stereocenters. The van der Waals surface area contributed by atoms with E-state index in [1.165, 1.54) is 0 Å². The fourth-order valence-corrected chi connectivity index (χ4v) is 3.40. The van der Waals surface area contributed by atoms with E-state index in [1.54, 1.807) is 28.9 Å². The maximum atomic E-state index is 11.3. The van der Waals surface area contributed by atoms with Crippen molar-refractivity contribution >= 4 is 26.1 Å². The fraction of sp³-hybridized carbons (Fsp3) is 0.700. The standard InChI is InChI=1S/C10H17N3O6S2/c1-12-5-4-10(11-12)13-6-8(18-20(2,14)15)9(7-13)19-21(3,16)17/h4-5,8-9H,6-7H2,1-3H3. The molecule has 9 nitrogen and oxygen atoms in total. The lowest BCUT2D eigenvalue weighted by Gasteiger charge is -2.16. The van der Waals surface area contributed by atoms with Crippen LogP contribution in [0.2, 0.25) is 0 Å². The highest BCUT2D eigenvalue weighted by molar-refractivity contribution is 7.86. The van der Waals surface area contributed by atoms with Crippen molar-refractivity contribution in [3.8, 4) is 0 Å². The van der Waals surface area contributed by atoms with E-state index in [9.17, 15) is 16.8 Å². The van der Waals surface area contributed by atoms with Gasteiger partial charge >= 0.3 is 0 Å². The molecule has 0 radical (unpaired) electrons. The highest BCUT2D eigenvalue weighted by Gasteiger charge is 2.39. The highest BCUT2D eigenvalue weighted by atomic mass is 32.2. The summed E-state index contributed by atoms with van der Waals surface area (Å²) in [5.74, 6) is 0.596. The van der Waals surface area contributed by atoms with Crippen LogP contribution in [0.3, 0.4) is 0 Å². The molecule has 0 aliphatic carbocycles. The number of aromatic nitrogens is 2. The maximum Gasteiger partial charge on any atom is 0.264 e. The van der Waals surface area contributed by atoms with Gasteiger partial charge in [0.2, 0.25) is 0 Å². The van der Waals surface area contributed by atoms with Crippen LogP contribution < -0.4 is 4.90 Å². The predicted octanol–water partition coefficient (Wildman–Crippen LogP) is -1.07. The first-order valence-electron chi connectivity index (χ1n) is 6.04. The number of nitrogens with zero attached hydrogens (tertiary/aromatic N) is 3. The second-order valence-electron chi connectivity index (χ2n) is 4.93. The topological polar surface area (TPSA) is 108 Å². The Labute approximate surface area is 123 Å². The van der Waals surface area contributed by atoms with Crippen molar-refractivity contribution < 1.29 is 25.2 Å². The normalized spacial score (nSPS) is 23.7. The third kappa shape index (κ3) is 4.66. The minimum absolute atomic E-state index is 0.171. The van der Waals surface area contributed by atoms with Crippen molar-refractivity contribution in [2.24, 2.45) is 7.05 Å². The zero-order valence-electron chi connectivity index (χ0n) is 11.8. The second kappa shape index (κ2) is 5.55. The van der Waals surface area contributed by atoms with Crippen molar-refractivity contribution in [3.63, 3.8) is 0 Å². The summed E-state index contributed by atoms with van der Waals surface area (Å²) in [5, 5.41) is 4.19.